The van der Waals surface area contributed by atoms with Crippen molar-refractivity contribution in [3.05, 3.63) is 0 Å². The highest BCUT2D eigenvalue weighted by molar-refractivity contribution is 5.72. The molecule has 0 spiro atoms. The molecule has 0 aromatic carbocycles. The van der Waals surface area contributed by atoms with Crippen LogP contribution < -0.4 is 0 Å². The topological polar surface area (TPSA) is 159 Å². The summed E-state index contributed by atoms with van der Waals surface area (Å²) in [6.07, 6.45) is -23.1. The third-order valence-corrected chi connectivity index (χ3v) is 1.21. The molecule has 0 saturated heterocycles. The van der Waals surface area contributed by atoms with Gasteiger partial charge in [-0.05, 0) is 0 Å². The maximum absolute atomic E-state index is 10.6. The van der Waals surface area contributed by atoms with Crippen molar-refractivity contribution < 1.29 is 50.1 Å². The van der Waals surface area contributed by atoms with Crippen molar-refractivity contribution in [2.24, 2.45) is 0 Å². The highest BCUT2D eigenvalue weighted by Gasteiger charge is 2.36. The number of carboxylic acid groups (broad SMARTS) is 1. The van der Waals surface area contributed by atoms with E-state index >= 15 is 0 Å². The summed E-state index contributed by atoms with van der Waals surface area (Å²) >= 11 is 0. The van der Waals surface area contributed by atoms with E-state index in [0.717, 1.165) is 0 Å². The molecule has 8 heteroatoms. The van der Waals surface area contributed by atoms with Crippen LogP contribution in [-0.4, -0.2) is 78.7 Å². The van der Waals surface area contributed by atoms with Crippen molar-refractivity contribution in [1.82, 2.24) is 0 Å². The smallest absolute Gasteiger partial charge is 0.335 e. The SMILES string of the molecule is [2H]C([2H])(O)[C@@]([2H])(O)[C@@]([2H])(O)[C@]([2H])(O)[C@@]([2H])(O)[C@@]([2H])(O)C(=O)O. The second-order valence-electron chi connectivity index (χ2n) is 2.16. The Balaban J connectivity index is 6.29. The van der Waals surface area contributed by atoms with Gasteiger partial charge in [0.1, 0.15) is 24.3 Å². The average Bonchev–Trinajstić information content (AvgIpc) is 2.25. The highest BCUT2D eigenvalue weighted by Crippen LogP contribution is 2.08. The number of hydrogen-bond donors (Lipinski definition) is 7. The van der Waals surface area contributed by atoms with Gasteiger partial charge >= 0.3 is 5.97 Å². The molecule has 5 atom stereocenters. The van der Waals surface area contributed by atoms with Gasteiger partial charge in [0.2, 0.25) is 0 Å². The molecule has 0 aliphatic rings. The lowest BCUT2D eigenvalue weighted by Gasteiger charge is -2.26. The molecule has 8 nitrogen and oxygen atoms in total. The van der Waals surface area contributed by atoms with Gasteiger partial charge in [-0.25, -0.2) is 4.79 Å². The van der Waals surface area contributed by atoms with Crippen LogP contribution >= 0.6 is 0 Å². The minimum atomic E-state index is -4.76. The third kappa shape index (κ3) is 3.70. The van der Waals surface area contributed by atoms with Gasteiger partial charge in [0, 0.05) is 0 Å². The summed E-state index contributed by atoms with van der Waals surface area (Å²) in [5.41, 5.74) is 0. The Bertz CT molecular complexity index is 454. The average molecular weight is 233 g/mol. The van der Waals surface area contributed by atoms with Gasteiger partial charge in [0.25, 0.3) is 0 Å². The quantitative estimate of drug-likeness (QED) is 0.243. The van der Waals surface area contributed by atoms with E-state index in [4.69, 9.17) is 24.9 Å². The molecule has 0 heterocycles. The molecule has 0 radical (unpaired) electrons. The van der Waals surface area contributed by atoms with Crippen LogP contribution in [0.15, 0.2) is 0 Å². The van der Waals surface area contributed by atoms with Gasteiger partial charge in [-0.2, -0.15) is 0 Å². The molecule has 0 saturated carbocycles. The fraction of sp³-hybridized carbons (Fsp3) is 0.857. The van der Waals surface area contributed by atoms with Gasteiger partial charge < -0.3 is 35.7 Å². The Hall–Kier alpha value is -0.770. The monoisotopic (exact) mass is 233 g/mol. The van der Waals surface area contributed by atoms with Gasteiger partial charge in [0.05, 0.1) is 16.2 Å². The molecule has 90 valence electrons. The lowest BCUT2D eigenvalue weighted by molar-refractivity contribution is -0.169. The van der Waals surface area contributed by atoms with E-state index in [9.17, 15) is 25.2 Å². The maximum atomic E-state index is 10.6. The number of aliphatic carboxylic acids is 1. The first kappa shape index (κ1) is 6.09. The maximum Gasteiger partial charge on any atom is 0.335 e. The van der Waals surface area contributed by atoms with E-state index in [0.29, 0.717) is 0 Å². The van der Waals surface area contributed by atoms with Crippen LogP contribution in [0.4, 0.5) is 0 Å². The lowest BCUT2D eigenvalue weighted by Crippen LogP contribution is -2.51. The zero-order valence-corrected chi connectivity index (χ0v) is 7.04. The molecule has 0 aromatic heterocycles. The molecule has 0 rings (SSSR count). The molecular weight excluding hydrogens is 212 g/mol. The fourth-order valence-corrected chi connectivity index (χ4v) is 0.491. The van der Waals surface area contributed by atoms with Crippen LogP contribution in [0.5, 0.6) is 0 Å². The van der Waals surface area contributed by atoms with Crippen molar-refractivity contribution >= 4 is 5.97 Å². The molecule has 0 bridgehead atoms. The molecular formula is C7H14O8. The van der Waals surface area contributed by atoms with Crippen molar-refractivity contribution in [2.45, 2.75) is 30.4 Å². The summed E-state index contributed by atoms with van der Waals surface area (Å²) in [4.78, 5) is 10.6. The Morgan fingerprint density at radius 2 is 1.60 bits per heavy atom. The molecule has 0 amide bonds. The molecule has 15 heavy (non-hydrogen) atoms. The van der Waals surface area contributed by atoms with Gasteiger partial charge in [-0.15, -0.1) is 0 Å². The predicted molar refractivity (Wildman–Crippen MR) is 44.8 cm³/mol. The molecule has 0 aliphatic heterocycles. The van der Waals surface area contributed by atoms with E-state index in [1.165, 1.54) is 0 Å². The fourth-order valence-electron chi connectivity index (χ4n) is 0.491. The summed E-state index contributed by atoms with van der Waals surface area (Å²) in [6, 6.07) is 0. The van der Waals surface area contributed by atoms with Crippen LogP contribution in [0.1, 0.15) is 9.60 Å². The summed E-state index contributed by atoms with van der Waals surface area (Å²) in [5.74, 6) is -2.72. The number of carbonyl (C=O) groups is 1. The van der Waals surface area contributed by atoms with Crippen LogP contribution in [0, 0.1) is 0 Å². The summed E-state index contributed by atoms with van der Waals surface area (Å²) in [6.45, 7) is -4.21. The summed E-state index contributed by atoms with van der Waals surface area (Å²) < 4.78 is 48.3. The van der Waals surface area contributed by atoms with E-state index in [1.807, 2.05) is 0 Å². The summed E-state index contributed by atoms with van der Waals surface area (Å²) in [5, 5.41) is 64.3. The number of aliphatic hydroxyl groups is 6. The van der Waals surface area contributed by atoms with E-state index in [1.54, 1.807) is 0 Å². The molecule has 0 unspecified atom stereocenters. The Kier molecular flexibility index (Phi) is 2.42. The summed E-state index contributed by atoms with van der Waals surface area (Å²) in [7, 11) is 0. The van der Waals surface area contributed by atoms with Crippen LogP contribution in [-0.2, 0) is 4.79 Å². The van der Waals surface area contributed by atoms with Crippen molar-refractivity contribution in [1.29, 1.82) is 0 Å². The first-order valence-corrected chi connectivity index (χ1v) is 3.27. The molecule has 7 N–H and O–H groups in total. The van der Waals surface area contributed by atoms with Crippen LogP contribution in [0.25, 0.3) is 0 Å². The van der Waals surface area contributed by atoms with E-state index in [2.05, 4.69) is 0 Å². The third-order valence-electron chi connectivity index (χ3n) is 1.21. The predicted octanol–water partition coefficient (Wildman–Crippen LogP) is -4.13. The van der Waals surface area contributed by atoms with E-state index in [-0.39, 0.29) is 0 Å². The number of hydrogen-bond acceptors (Lipinski definition) is 7. The van der Waals surface area contributed by atoms with Crippen molar-refractivity contribution in [2.75, 3.05) is 6.56 Å². The molecule has 0 aliphatic carbocycles. The first-order chi connectivity index (χ1) is 9.19. The Labute approximate surface area is 94.5 Å². The molecule has 0 aromatic rings. The minimum absolute atomic E-state index is 2.72. The zero-order valence-electron chi connectivity index (χ0n) is 14.0. The normalized spacial score (nSPS) is 39.7. The van der Waals surface area contributed by atoms with Gasteiger partial charge in [-0.3, -0.25) is 0 Å². The molecule has 0 fully saturated rings. The largest absolute Gasteiger partial charge is 0.479 e. The minimum Gasteiger partial charge on any atom is -0.479 e. The van der Waals surface area contributed by atoms with Crippen molar-refractivity contribution in [3.8, 4) is 0 Å². The van der Waals surface area contributed by atoms with E-state index < -0.39 is 42.9 Å². The van der Waals surface area contributed by atoms with Gasteiger partial charge in [0.15, 0.2) is 6.08 Å². The lowest BCUT2D eigenvalue weighted by atomic mass is 9.99. The van der Waals surface area contributed by atoms with Crippen molar-refractivity contribution in [3.63, 3.8) is 0 Å². The van der Waals surface area contributed by atoms with Crippen LogP contribution in [0.2, 0.25) is 0 Å². The highest BCUT2D eigenvalue weighted by atomic mass is 16.4. The second-order valence-corrected chi connectivity index (χ2v) is 2.16. The zero-order chi connectivity index (χ0) is 18.6. The number of carboxylic acids is 1. The first-order valence-electron chi connectivity index (χ1n) is 6.77. The van der Waals surface area contributed by atoms with Gasteiger partial charge in [-0.1, -0.05) is 0 Å². The Morgan fingerprint density at radius 1 is 1.13 bits per heavy atom. The Morgan fingerprint density at radius 3 is 1.93 bits per heavy atom. The van der Waals surface area contributed by atoms with Crippen LogP contribution in [0.3, 0.4) is 0 Å². The number of rotatable bonds is 6. The standard InChI is InChI=1S/C7H14O8/c8-1-2(9)3(10)4(11)5(12)6(13)7(14)15/h2-6,8-13H,1H2,(H,14,15)/t2-,3-,4+,5-,6-/m1/s1/i1D2,2D,3D,4D,5D,6D. The second kappa shape index (κ2) is 5.95.